The van der Waals surface area contributed by atoms with Crippen LogP contribution in [0, 0.1) is 5.41 Å². The first-order valence-corrected chi connectivity index (χ1v) is 5.89. The van der Waals surface area contributed by atoms with Gasteiger partial charge in [0.05, 0.1) is 25.9 Å². The van der Waals surface area contributed by atoms with Gasteiger partial charge in [-0.1, -0.05) is 0 Å². The van der Waals surface area contributed by atoms with Crippen molar-refractivity contribution in [3.8, 4) is 0 Å². The Morgan fingerprint density at radius 2 is 2.00 bits per heavy atom. The van der Waals surface area contributed by atoms with Crippen LogP contribution in [0.4, 0.5) is 5.69 Å². The summed E-state index contributed by atoms with van der Waals surface area (Å²) in [5, 5.41) is 2.77. The van der Waals surface area contributed by atoms with Gasteiger partial charge in [0.25, 0.3) is 0 Å². The number of methoxy groups -OCH3 is 1. The van der Waals surface area contributed by atoms with Crippen LogP contribution in [0.15, 0.2) is 24.3 Å². The summed E-state index contributed by atoms with van der Waals surface area (Å²) in [6, 6.07) is 6.48. The Morgan fingerprint density at radius 1 is 1.37 bits per heavy atom. The van der Waals surface area contributed by atoms with Gasteiger partial charge in [0.2, 0.25) is 5.91 Å². The lowest BCUT2D eigenvalue weighted by Crippen LogP contribution is -2.56. The van der Waals surface area contributed by atoms with Crippen molar-refractivity contribution in [2.75, 3.05) is 32.2 Å². The number of hydrogen-bond acceptors (Lipinski definition) is 5. The molecule has 1 fully saturated rings. The van der Waals surface area contributed by atoms with Crippen molar-refractivity contribution in [1.82, 2.24) is 0 Å². The fourth-order valence-corrected chi connectivity index (χ4v) is 1.76. The van der Waals surface area contributed by atoms with E-state index >= 15 is 0 Å². The van der Waals surface area contributed by atoms with E-state index in [0.717, 1.165) is 0 Å². The highest BCUT2D eigenvalue weighted by Gasteiger charge is 2.44. The largest absolute Gasteiger partial charge is 0.465 e. The second-order valence-electron chi connectivity index (χ2n) is 4.50. The maximum absolute atomic E-state index is 12.1. The van der Waals surface area contributed by atoms with E-state index in [4.69, 9.17) is 10.5 Å². The second kappa shape index (κ2) is 5.38. The van der Waals surface area contributed by atoms with Crippen LogP contribution in [0.3, 0.4) is 0 Å². The Balaban J connectivity index is 2.03. The smallest absolute Gasteiger partial charge is 0.337 e. The zero-order chi connectivity index (χ0) is 13.9. The van der Waals surface area contributed by atoms with Crippen molar-refractivity contribution >= 4 is 17.6 Å². The highest BCUT2D eigenvalue weighted by molar-refractivity contribution is 5.97. The average molecular weight is 264 g/mol. The third-order valence-electron chi connectivity index (χ3n) is 3.19. The zero-order valence-corrected chi connectivity index (χ0v) is 10.6. The van der Waals surface area contributed by atoms with Gasteiger partial charge in [-0.25, -0.2) is 4.79 Å². The summed E-state index contributed by atoms with van der Waals surface area (Å²) in [7, 11) is 1.32. The summed E-state index contributed by atoms with van der Waals surface area (Å²) < 4.78 is 9.65. The molecular weight excluding hydrogens is 248 g/mol. The second-order valence-corrected chi connectivity index (χ2v) is 4.50. The molecule has 3 N–H and O–H groups in total. The van der Waals surface area contributed by atoms with Gasteiger partial charge in [0, 0.05) is 12.2 Å². The number of ether oxygens (including phenoxy) is 2. The number of anilines is 1. The van der Waals surface area contributed by atoms with Crippen LogP contribution in [-0.4, -0.2) is 38.7 Å². The molecular formula is C13H16N2O4. The number of benzene rings is 1. The number of carbonyl (C=O) groups excluding carboxylic acids is 2. The Kier molecular flexibility index (Phi) is 3.82. The van der Waals surface area contributed by atoms with Crippen molar-refractivity contribution in [3.05, 3.63) is 29.8 Å². The molecule has 2 rings (SSSR count). The van der Waals surface area contributed by atoms with E-state index in [0.29, 0.717) is 24.5 Å². The van der Waals surface area contributed by atoms with Crippen molar-refractivity contribution in [2.24, 2.45) is 11.1 Å². The number of rotatable bonds is 4. The highest BCUT2D eigenvalue weighted by atomic mass is 16.5. The summed E-state index contributed by atoms with van der Waals surface area (Å²) >= 11 is 0. The van der Waals surface area contributed by atoms with Gasteiger partial charge >= 0.3 is 5.97 Å². The van der Waals surface area contributed by atoms with Crippen LogP contribution in [0.1, 0.15) is 10.4 Å². The fraction of sp³-hybridized carbons (Fsp3) is 0.385. The summed E-state index contributed by atoms with van der Waals surface area (Å²) in [5.74, 6) is -0.573. The van der Waals surface area contributed by atoms with Gasteiger partial charge in [-0.15, -0.1) is 0 Å². The van der Waals surface area contributed by atoms with E-state index in [1.165, 1.54) is 7.11 Å². The normalized spacial score (nSPS) is 16.3. The average Bonchev–Trinajstić information content (AvgIpc) is 2.38. The molecule has 0 aromatic heterocycles. The quantitative estimate of drug-likeness (QED) is 0.767. The topological polar surface area (TPSA) is 90.7 Å². The molecule has 0 radical (unpaired) electrons. The number of nitrogens with one attached hydrogen (secondary N) is 1. The molecule has 0 aliphatic carbocycles. The van der Waals surface area contributed by atoms with Crippen molar-refractivity contribution in [1.29, 1.82) is 0 Å². The minimum atomic E-state index is -0.624. The fourth-order valence-electron chi connectivity index (χ4n) is 1.76. The van der Waals surface area contributed by atoms with Crippen LogP contribution in [-0.2, 0) is 14.3 Å². The van der Waals surface area contributed by atoms with Gasteiger partial charge in [-0.2, -0.15) is 0 Å². The first-order chi connectivity index (χ1) is 9.11. The van der Waals surface area contributed by atoms with Crippen LogP contribution in [0.2, 0.25) is 0 Å². The van der Waals surface area contributed by atoms with Crippen LogP contribution >= 0.6 is 0 Å². The van der Waals surface area contributed by atoms with E-state index in [2.05, 4.69) is 10.1 Å². The Morgan fingerprint density at radius 3 is 2.42 bits per heavy atom. The Hall–Kier alpha value is -1.92. The molecule has 1 aliphatic heterocycles. The maximum atomic E-state index is 12.1. The first kappa shape index (κ1) is 13.5. The lowest BCUT2D eigenvalue weighted by molar-refractivity contribution is -0.153. The van der Waals surface area contributed by atoms with Crippen molar-refractivity contribution < 1.29 is 19.1 Å². The van der Waals surface area contributed by atoms with E-state index in [1.807, 2.05) is 0 Å². The Bertz CT molecular complexity index is 474. The van der Waals surface area contributed by atoms with Crippen molar-refractivity contribution in [2.45, 2.75) is 0 Å². The lowest BCUT2D eigenvalue weighted by Gasteiger charge is -2.38. The van der Waals surface area contributed by atoms with Gasteiger partial charge in [-0.3, -0.25) is 4.79 Å². The van der Waals surface area contributed by atoms with Gasteiger partial charge in [0.1, 0.15) is 5.41 Å². The number of amides is 1. The molecule has 0 unspecified atom stereocenters. The maximum Gasteiger partial charge on any atom is 0.337 e. The third kappa shape index (κ3) is 2.59. The van der Waals surface area contributed by atoms with Crippen LogP contribution < -0.4 is 11.1 Å². The molecule has 1 amide bonds. The highest BCUT2D eigenvalue weighted by Crippen LogP contribution is 2.27. The molecule has 1 heterocycles. The molecule has 0 bridgehead atoms. The van der Waals surface area contributed by atoms with Gasteiger partial charge in [0.15, 0.2) is 0 Å². The molecule has 1 aromatic rings. The predicted molar refractivity (Wildman–Crippen MR) is 68.7 cm³/mol. The SMILES string of the molecule is COC(=O)c1ccc(NC(=O)C2(CN)COC2)cc1. The first-order valence-electron chi connectivity index (χ1n) is 5.89. The number of carbonyl (C=O) groups is 2. The molecule has 6 nitrogen and oxygen atoms in total. The molecule has 0 saturated carbocycles. The van der Waals surface area contributed by atoms with Gasteiger partial charge < -0.3 is 20.5 Å². The molecule has 6 heteroatoms. The van der Waals surface area contributed by atoms with Crippen LogP contribution in [0.5, 0.6) is 0 Å². The number of hydrogen-bond donors (Lipinski definition) is 2. The molecule has 1 aromatic carbocycles. The van der Waals surface area contributed by atoms with E-state index in [-0.39, 0.29) is 12.5 Å². The summed E-state index contributed by atoms with van der Waals surface area (Å²) in [5.41, 5.74) is 6.02. The summed E-state index contributed by atoms with van der Waals surface area (Å²) in [6.07, 6.45) is 0. The molecule has 1 aliphatic rings. The molecule has 19 heavy (non-hydrogen) atoms. The molecule has 102 valence electrons. The summed E-state index contributed by atoms with van der Waals surface area (Å²) in [4.78, 5) is 23.3. The molecule has 0 spiro atoms. The van der Waals surface area contributed by atoms with Crippen molar-refractivity contribution in [3.63, 3.8) is 0 Å². The van der Waals surface area contributed by atoms with Crippen LogP contribution in [0.25, 0.3) is 0 Å². The monoisotopic (exact) mass is 264 g/mol. The van der Waals surface area contributed by atoms with Gasteiger partial charge in [-0.05, 0) is 24.3 Å². The Labute approximate surface area is 110 Å². The number of esters is 1. The summed E-state index contributed by atoms with van der Waals surface area (Å²) in [6.45, 7) is 0.935. The minimum absolute atomic E-state index is 0.160. The van der Waals surface area contributed by atoms with E-state index in [1.54, 1.807) is 24.3 Å². The van der Waals surface area contributed by atoms with E-state index in [9.17, 15) is 9.59 Å². The number of nitrogens with two attached hydrogens (primary N) is 1. The standard InChI is InChI=1S/C13H16N2O4/c1-18-11(16)9-2-4-10(5-3-9)15-12(17)13(6-14)7-19-8-13/h2-5H,6-8,14H2,1H3,(H,15,17). The lowest BCUT2D eigenvalue weighted by atomic mass is 9.85. The predicted octanol–water partition coefficient (Wildman–Crippen LogP) is 0.387. The van der Waals surface area contributed by atoms with E-state index < -0.39 is 11.4 Å². The third-order valence-corrected chi connectivity index (χ3v) is 3.19. The molecule has 1 saturated heterocycles. The zero-order valence-electron chi connectivity index (χ0n) is 10.6. The molecule has 0 atom stereocenters. The minimum Gasteiger partial charge on any atom is -0.465 e.